The molecule has 0 aliphatic rings. The zero-order valence-electron chi connectivity index (χ0n) is 9.54. The molecule has 0 aliphatic carbocycles. The van der Waals surface area contributed by atoms with Crippen LogP contribution < -0.4 is 4.72 Å². The van der Waals surface area contributed by atoms with Crippen LogP contribution in [0, 0.1) is 5.92 Å². The van der Waals surface area contributed by atoms with Gasteiger partial charge in [0.05, 0.1) is 6.20 Å². The fourth-order valence-corrected chi connectivity index (χ4v) is 2.47. The summed E-state index contributed by atoms with van der Waals surface area (Å²) in [5.41, 5.74) is 0. The van der Waals surface area contributed by atoms with Gasteiger partial charge in [-0.25, -0.2) is 8.42 Å². The zero-order chi connectivity index (χ0) is 13.1. The third-order valence-corrected chi connectivity index (χ3v) is 3.95. The first-order valence-corrected chi connectivity index (χ1v) is 6.60. The predicted octanol–water partition coefficient (Wildman–Crippen LogP) is 0.187. The lowest BCUT2D eigenvalue weighted by molar-refractivity contribution is -0.140. The summed E-state index contributed by atoms with van der Waals surface area (Å²) in [6.45, 7) is 3.48. The summed E-state index contributed by atoms with van der Waals surface area (Å²) in [5.74, 6) is -1.49. The highest BCUT2D eigenvalue weighted by Gasteiger charge is 2.29. The van der Waals surface area contributed by atoms with Gasteiger partial charge in [-0.2, -0.15) is 9.82 Å². The van der Waals surface area contributed by atoms with Gasteiger partial charge in [-0.1, -0.05) is 20.3 Å². The number of aromatic amines is 1. The summed E-state index contributed by atoms with van der Waals surface area (Å²) >= 11 is 0. The molecule has 1 aromatic rings. The number of nitrogens with one attached hydrogen (secondary N) is 2. The van der Waals surface area contributed by atoms with Crippen molar-refractivity contribution in [2.45, 2.75) is 31.2 Å². The molecule has 96 valence electrons. The molecular weight excluding hydrogens is 246 g/mol. The monoisotopic (exact) mass is 261 g/mol. The molecule has 17 heavy (non-hydrogen) atoms. The molecule has 0 saturated carbocycles. The second-order valence-corrected chi connectivity index (χ2v) is 5.47. The van der Waals surface area contributed by atoms with Crippen LogP contribution in [0.5, 0.6) is 0 Å². The Balaban J connectivity index is 2.92. The first-order valence-electron chi connectivity index (χ1n) is 5.12. The topological polar surface area (TPSA) is 112 Å². The first kappa shape index (κ1) is 13.7. The number of H-pyrrole nitrogens is 1. The van der Waals surface area contributed by atoms with E-state index in [4.69, 9.17) is 5.11 Å². The fourth-order valence-electron chi connectivity index (χ4n) is 1.27. The number of hydrogen-bond acceptors (Lipinski definition) is 4. The molecule has 0 aliphatic heterocycles. The summed E-state index contributed by atoms with van der Waals surface area (Å²) in [7, 11) is -3.84. The van der Waals surface area contributed by atoms with E-state index in [2.05, 4.69) is 14.9 Å². The van der Waals surface area contributed by atoms with Crippen LogP contribution in [-0.2, 0) is 14.8 Å². The van der Waals surface area contributed by atoms with Gasteiger partial charge >= 0.3 is 5.97 Å². The Hall–Kier alpha value is -1.41. The Bertz CT molecular complexity index is 468. The lowest BCUT2D eigenvalue weighted by Crippen LogP contribution is -2.44. The number of sulfonamides is 1. The molecule has 0 bridgehead atoms. The maximum absolute atomic E-state index is 11.8. The van der Waals surface area contributed by atoms with Gasteiger partial charge in [0, 0.05) is 6.20 Å². The molecule has 0 amide bonds. The van der Waals surface area contributed by atoms with Crippen molar-refractivity contribution in [1.82, 2.24) is 14.9 Å². The Morgan fingerprint density at radius 2 is 2.29 bits per heavy atom. The van der Waals surface area contributed by atoms with Gasteiger partial charge in [0.2, 0.25) is 10.0 Å². The number of aromatic nitrogens is 2. The van der Waals surface area contributed by atoms with Crippen molar-refractivity contribution in [2.75, 3.05) is 0 Å². The molecule has 0 aromatic carbocycles. The van der Waals surface area contributed by atoms with Crippen molar-refractivity contribution in [3.8, 4) is 0 Å². The number of carboxylic acid groups (broad SMARTS) is 1. The third-order valence-electron chi connectivity index (χ3n) is 2.54. The molecule has 0 radical (unpaired) electrons. The largest absolute Gasteiger partial charge is 0.480 e. The van der Waals surface area contributed by atoms with Crippen LogP contribution >= 0.6 is 0 Å². The van der Waals surface area contributed by atoms with E-state index in [1.54, 1.807) is 13.8 Å². The minimum atomic E-state index is -3.84. The van der Waals surface area contributed by atoms with Crippen LogP contribution in [0.1, 0.15) is 20.3 Å². The average Bonchev–Trinajstić information content (AvgIpc) is 2.78. The maximum atomic E-state index is 11.8. The van der Waals surface area contributed by atoms with E-state index in [-0.39, 0.29) is 10.8 Å². The molecular formula is C9H15N3O4S. The fraction of sp³-hybridized carbons (Fsp3) is 0.556. The maximum Gasteiger partial charge on any atom is 0.322 e. The highest BCUT2D eigenvalue weighted by atomic mass is 32.2. The van der Waals surface area contributed by atoms with E-state index in [0.29, 0.717) is 6.42 Å². The SMILES string of the molecule is CCC(C)[C@H](NS(=O)(=O)c1cn[nH]c1)C(=O)O. The highest BCUT2D eigenvalue weighted by molar-refractivity contribution is 7.89. The number of rotatable bonds is 6. The molecule has 0 fully saturated rings. The van der Waals surface area contributed by atoms with E-state index >= 15 is 0 Å². The molecule has 0 saturated heterocycles. The number of nitrogens with zero attached hydrogens (tertiary/aromatic N) is 1. The van der Waals surface area contributed by atoms with Crippen LogP contribution in [0.3, 0.4) is 0 Å². The Labute approximate surface area is 99.3 Å². The third kappa shape index (κ3) is 3.27. The highest BCUT2D eigenvalue weighted by Crippen LogP contribution is 2.12. The van der Waals surface area contributed by atoms with Crippen molar-refractivity contribution < 1.29 is 18.3 Å². The van der Waals surface area contributed by atoms with Crippen LogP contribution in [0.15, 0.2) is 17.3 Å². The summed E-state index contributed by atoms with van der Waals surface area (Å²) in [4.78, 5) is 10.9. The standard InChI is InChI=1S/C9H15N3O4S/c1-3-6(2)8(9(13)14)12-17(15,16)7-4-10-11-5-7/h4-6,8,12H,3H2,1-2H3,(H,10,11)(H,13,14)/t6?,8-/m0/s1. The van der Waals surface area contributed by atoms with Gasteiger partial charge in [-0.3, -0.25) is 9.89 Å². The van der Waals surface area contributed by atoms with E-state index in [1.807, 2.05) is 0 Å². The zero-order valence-corrected chi connectivity index (χ0v) is 10.4. The van der Waals surface area contributed by atoms with Crippen LogP contribution in [0.4, 0.5) is 0 Å². The van der Waals surface area contributed by atoms with Crippen molar-refractivity contribution in [2.24, 2.45) is 5.92 Å². The molecule has 1 rings (SSSR count). The molecule has 2 atom stereocenters. The molecule has 1 aromatic heterocycles. The van der Waals surface area contributed by atoms with E-state index in [0.717, 1.165) is 6.20 Å². The molecule has 7 nitrogen and oxygen atoms in total. The molecule has 3 N–H and O–H groups in total. The predicted molar refractivity (Wildman–Crippen MR) is 59.8 cm³/mol. The van der Waals surface area contributed by atoms with E-state index in [1.165, 1.54) is 6.20 Å². The second-order valence-electron chi connectivity index (χ2n) is 3.76. The summed E-state index contributed by atoms with van der Waals surface area (Å²) in [6.07, 6.45) is 2.88. The van der Waals surface area contributed by atoms with Gasteiger partial charge < -0.3 is 5.11 Å². The lowest BCUT2D eigenvalue weighted by Gasteiger charge is -2.19. The molecule has 8 heteroatoms. The normalized spacial score (nSPS) is 15.4. The number of aliphatic carboxylic acids is 1. The number of carbonyl (C=O) groups is 1. The Kier molecular flexibility index (Phi) is 4.24. The van der Waals surface area contributed by atoms with E-state index in [9.17, 15) is 13.2 Å². The molecule has 1 heterocycles. The van der Waals surface area contributed by atoms with Gasteiger partial charge in [-0.05, 0) is 5.92 Å². The van der Waals surface area contributed by atoms with Crippen LogP contribution in [0.2, 0.25) is 0 Å². The average molecular weight is 261 g/mol. The molecule has 0 spiro atoms. The smallest absolute Gasteiger partial charge is 0.322 e. The van der Waals surface area contributed by atoms with Crippen LogP contribution in [0.25, 0.3) is 0 Å². The van der Waals surface area contributed by atoms with Crippen LogP contribution in [-0.4, -0.2) is 35.7 Å². The van der Waals surface area contributed by atoms with Crippen molar-refractivity contribution in [3.63, 3.8) is 0 Å². The number of carboxylic acids is 1. The van der Waals surface area contributed by atoms with Gasteiger partial charge in [-0.15, -0.1) is 0 Å². The minimum absolute atomic E-state index is 0.0768. The summed E-state index contributed by atoms with van der Waals surface area (Å²) in [6, 6.07) is -1.14. The van der Waals surface area contributed by atoms with Gasteiger partial charge in [0.15, 0.2) is 0 Å². The van der Waals surface area contributed by atoms with Gasteiger partial charge in [0.1, 0.15) is 10.9 Å². The Morgan fingerprint density at radius 3 is 2.71 bits per heavy atom. The Morgan fingerprint density at radius 1 is 1.65 bits per heavy atom. The quantitative estimate of drug-likeness (QED) is 0.676. The van der Waals surface area contributed by atoms with Gasteiger partial charge in [0.25, 0.3) is 0 Å². The number of hydrogen-bond donors (Lipinski definition) is 3. The lowest BCUT2D eigenvalue weighted by atomic mass is 10.0. The van der Waals surface area contributed by atoms with Crippen molar-refractivity contribution in [1.29, 1.82) is 0 Å². The van der Waals surface area contributed by atoms with Crippen molar-refractivity contribution >= 4 is 16.0 Å². The van der Waals surface area contributed by atoms with E-state index < -0.39 is 22.0 Å². The first-order chi connectivity index (χ1) is 7.88. The summed E-state index contributed by atoms with van der Waals surface area (Å²) in [5, 5.41) is 14.9. The minimum Gasteiger partial charge on any atom is -0.480 e. The second kappa shape index (κ2) is 5.28. The molecule has 1 unspecified atom stereocenters. The van der Waals surface area contributed by atoms with Crippen molar-refractivity contribution in [3.05, 3.63) is 12.4 Å². The summed E-state index contributed by atoms with van der Waals surface area (Å²) < 4.78 is 25.7.